The molecule has 0 aliphatic carbocycles. The molecule has 14 heavy (non-hydrogen) atoms. The van der Waals surface area contributed by atoms with Crippen LogP contribution in [0.25, 0.3) is 0 Å². The first kappa shape index (κ1) is 10.7. The summed E-state index contributed by atoms with van der Waals surface area (Å²) in [6.07, 6.45) is 3.79. The van der Waals surface area contributed by atoms with Gasteiger partial charge in [-0.1, -0.05) is 6.92 Å². The number of hydrogen-bond acceptors (Lipinski definition) is 4. The van der Waals surface area contributed by atoms with Crippen LogP contribution in [0.5, 0.6) is 0 Å². The van der Waals surface area contributed by atoms with Crippen LogP contribution in [0.4, 0.5) is 5.69 Å². The third kappa shape index (κ3) is 2.09. The van der Waals surface area contributed by atoms with Gasteiger partial charge in [0, 0.05) is 30.5 Å². The normalized spacial score (nSPS) is 12.4. The van der Waals surface area contributed by atoms with Crippen molar-refractivity contribution in [2.45, 2.75) is 13.3 Å². The highest BCUT2D eigenvalue weighted by molar-refractivity contribution is 6.01. The lowest BCUT2D eigenvalue weighted by molar-refractivity contribution is 0.0922. The Labute approximate surface area is 83.3 Å². The Morgan fingerprint density at radius 2 is 2.36 bits per heavy atom. The summed E-state index contributed by atoms with van der Waals surface area (Å²) in [6.45, 7) is 2.28. The molecule has 0 saturated heterocycles. The van der Waals surface area contributed by atoms with Gasteiger partial charge in [-0.25, -0.2) is 0 Å². The second-order valence-corrected chi connectivity index (χ2v) is 3.17. The zero-order valence-electron chi connectivity index (χ0n) is 8.23. The van der Waals surface area contributed by atoms with Gasteiger partial charge >= 0.3 is 0 Å². The summed E-state index contributed by atoms with van der Waals surface area (Å²) in [5.41, 5.74) is 12.1. The molecule has 0 saturated carbocycles. The number of hydrogen-bond donors (Lipinski definition) is 2. The van der Waals surface area contributed by atoms with E-state index in [0.717, 1.165) is 6.42 Å². The molecule has 4 N–H and O–H groups in total. The van der Waals surface area contributed by atoms with E-state index in [1.807, 2.05) is 6.92 Å². The van der Waals surface area contributed by atoms with Crippen molar-refractivity contribution in [1.82, 2.24) is 4.98 Å². The summed E-state index contributed by atoms with van der Waals surface area (Å²) in [5, 5.41) is 0. The van der Waals surface area contributed by atoms with Crippen molar-refractivity contribution >= 4 is 11.5 Å². The number of nitrogens with zero attached hydrogens (tertiary/aromatic N) is 1. The first-order chi connectivity index (χ1) is 6.70. The maximum absolute atomic E-state index is 11.8. The molecule has 76 valence electrons. The van der Waals surface area contributed by atoms with E-state index in [1.165, 1.54) is 6.20 Å². The Hall–Kier alpha value is -1.42. The lowest BCUT2D eigenvalue weighted by atomic mass is 9.95. The van der Waals surface area contributed by atoms with Crippen LogP contribution in [0.3, 0.4) is 0 Å². The summed E-state index contributed by atoms with van der Waals surface area (Å²) in [5.74, 6) is -0.165. The van der Waals surface area contributed by atoms with Crippen molar-refractivity contribution in [3.05, 3.63) is 24.0 Å². The highest BCUT2D eigenvalue weighted by Crippen LogP contribution is 2.15. The Morgan fingerprint density at radius 1 is 1.64 bits per heavy atom. The fourth-order valence-corrected chi connectivity index (χ4v) is 1.29. The Morgan fingerprint density at radius 3 is 2.86 bits per heavy atom. The van der Waals surface area contributed by atoms with Crippen LogP contribution in [0.2, 0.25) is 0 Å². The minimum absolute atomic E-state index is 0.0133. The van der Waals surface area contributed by atoms with Crippen LogP contribution in [0, 0.1) is 5.92 Å². The SMILES string of the molecule is CCC(CN)C(=O)c1cnccc1N. The second kappa shape index (κ2) is 4.72. The largest absolute Gasteiger partial charge is 0.398 e. The van der Waals surface area contributed by atoms with Crippen molar-refractivity contribution in [1.29, 1.82) is 0 Å². The van der Waals surface area contributed by atoms with E-state index in [2.05, 4.69) is 4.98 Å². The lowest BCUT2D eigenvalue weighted by Gasteiger charge is -2.11. The number of pyridine rings is 1. The number of nitrogens with two attached hydrogens (primary N) is 2. The van der Waals surface area contributed by atoms with Gasteiger partial charge in [0.05, 0.1) is 5.56 Å². The van der Waals surface area contributed by atoms with Crippen LogP contribution in [0.15, 0.2) is 18.5 Å². The maximum atomic E-state index is 11.8. The molecular weight excluding hydrogens is 178 g/mol. The molecule has 0 amide bonds. The predicted octanol–water partition coefficient (Wildman–Crippen LogP) is 0.831. The van der Waals surface area contributed by atoms with E-state index in [-0.39, 0.29) is 11.7 Å². The average Bonchev–Trinajstić information content (AvgIpc) is 2.20. The van der Waals surface area contributed by atoms with Crippen molar-refractivity contribution < 1.29 is 4.79 Å². The highest BCUT2D eigenvalue weighted by atomic mass is 16.1. The maximum Gasteiger partial charge on any atom is 0.170 e. The molecule has 0 bridgehead atoms. The number of carbonyl (C=O) groups excluding carboxylic acids is 1. The first-order valence-electron chi connectivity index (χ1n) is 4.64. The third-order valence-corrected chi connectivity index (χ3v) is 2.27. The number of carbonyl (C=O) groups is 1. The molecule has 0 aliphatic heterocycles. The summed E-state index contributed by atoms with van der Waals surface area (Å²) in [6, 6.07) is 1.62. The fourth-order valence-electron chi connectivity index (χ4n) is 1.29. The van der Waals surface area contributed by atoms with Gasteiger partial charge in [-0.05, 0) is 12.5 Å². The number of nitrogen functional groups attached to an aromatic ring is 1. The summed E-state index contributed by atoms with van der Waals surface area (Å²) >= 11 is 0. The zero-order valence-corrected chi connectivity index (χ0v) is 8.23. The lowest BCUT2D eigenvalue weighted by Crippen LogP contribution is -2.23. The summed E-state index contributed by atoms with van der Waals surface area (Å²) in [7, 11) is 0. The number of Topliss-reactive ketones (excluding diaryl/α,β-unsaturated/α-hetero) is 1. The molecule has 1 aromatic rings. The molecule has 0 aliphatic rings. The van der Waals surface area contributed by atoms with Crippen molar-refractivity contribution in [3.8, 4) is 0 Å². The minimum Gasteiger partial charge on any atom is -0.398 e. The van der Waals surface area contributed by atoms with E-state index in [0.29, 0.717) is 17.8 Å². The smallest absolute Gasteiger partial charge is 0.170 e. The molecule has 0 spiro atoms. The van der Waals surface area contributed by atoms with Crippen molar-refractivity contribution in [2.24, 2.45) is 11.7 Å². The van der Waals surface area contributed by atoms with Crippen LogP contribution < -0.4 is 11.5 Å². The summed E-state index contributed by atoms with van der Waals surface area (Å²) < 4.78 is 0. The quantitative estimate of drug-likeness (QED) is 0.694. The van der Waals surface area contributed by atoms with Gasteiger partial charge in [-0.2, -0.15) is 0 Å². The molecular formula is C10H15N3O. The second-order valence-electron chi connectivity index (χ2n) is 3.17. The number of aromatic nitrogens is 1. The molecule has 1 atom stereocenters. The van der Waals surface area contributed by atoms with Crippen molar-refractivity contribution in [3.63, 3.8) is 0 Å². The Bertz CT molecular complexity index is 321. The molecule has 1 heterocycles. The van der Waals surface area contributed by atoms with Gasteiger partial charge < -0.3 is 11.5 Å². The first-order valence-corrected chi connectivity index (χ1v) is 4.64. The van der Waals surface area contributed by atoms with Crippen LogP contribution in [-0.4, -0.2) is 17.3 Å². The van der Waals surface area contributed by atoms with Gasteiger partial charge in [0.2, 0.25) is 0 Å². The van der Waals surface area contributed by atoms with E-state index in [9.17, 15) is 4.79 Å². The molecule has 0 radical (unpaired) electrons. The van der Waals surface area contributed by atoms with Gasteiger partial charge in [0.15, 0.2) is 5.78 Å². The Balaban J connectivity index is 2.94. The van der Waals surface area contributed by atoms with Gasteiger partial charge in [0.25, 0.3) is 0 Å². The van der Waals surface area contributed by atoms with E-state index >= 15 is 0 Å². The molecule has 4 heteroatoms. The number of rotatable bonds is 4. The standard InChI is InChI=1S/C10H15N3O/c1-2-7(5-11)10(14)8-6-13-4-3-9(8)12/h3-4,6-7H,2,5,11H2,1H3,(H2,12,13). The van der Waals surface area contributed by atoms with Crippen LogP contribution in [0.1, 0.15) is 23.7 Å². The highest BCUT2D eigenvalue weighted by Gasteiger charge is 2.18. The monoisotopic (exact) mass is 193 g/mol. The van der Waals surface area contributed by atoms with Crippen LogP contribution in [-0.2, 0) is 0 Å². The summed E-state index contributed by atoms with van der Waals surface area (Å²) in [4.78, 5) is 15.7. The molecule has 0 fully saturated rings. The third-order valence-electron chi connectivity index (χ3n) is 2.27. The minimum atomic E-state index is -0.151. The Kier molecular flexibility index (Phi) is 3.59. The van der Waals surface area contributed by atoms with Crippen LogP contribution >= 0.6 is 0 Å². The van der Waals surface area contributed by atoms with Gasteiger partial charge in [-0.15, -0.1) is 0 Å². The van der Waals surface area contributed by atoms with E-state index in [1.54, 1.807) is 12.3 Å². The molecule has 1 aromatic heterocycles. The number of ketones is 1. The molecule has 1 unspecified atom stereocenters. The topological polar surface area (TPSA) is 82.0 Å². The molecule has 4 nitrogen and oxygen atoms in total. The van der Waals surface area contributed by atoms with E-state index in [4.69, 9.17) is 11.5 Å². The zero-order chi connectivity index (χ0) is 10.6. The van der Waals surface area contributed by atoms with Gasteiger partial charge in [-0.3, -0.25) is 9.78 Å². The predicted molar refractivity (Wildman–Crippen MR) is 55.8 cm³/mol. The molecule has 0 aromatic carbocycles. The fraction of sp³-hybridized carbons (Fsp3) is 0.400. The number of anilines is 1. The average molecular weight is 193 g/mol. The van der Waals surface area contributed by atoms with Gasteiger partial charge in [0.1, 0.15) is 0 Å². The molecule has 1 rings (SSSR count). The van der Waals surface area contributed by atoms with E-state index < -0.39 is 0 Å². The van der Waals surface area contributed by atoms with Crippen molar-refractivity contribution in [2.75, 3.05) is 12.3 Å².